The number of nitrogens with two attached hydrogens (primary N) is 1. The second-order valence-electron chi connectivity index (χ2n) is 3.13. The average Bonchev–Trinajstić information content (AvgIpc) is 2.43. The molecule has 0 aliphatic rings. The van der Waals surface area contributed by atoms with Gasteiger partial charge in [0.05, 0.1) is 9.90 Å². The molecule has 84 valence electrons. The normalized spacial score (nSPS) is 10.7. The molecule has 0 atom stereocenters. The van der Waals surface area contributed by atoms with Gasteiger partial charge in [-0.3, -0.25) is 0 Å². The third kappa shape index (κ3) is 2.83. The van der Waals surface area contributed by atoms with Gasteiger partial charge in [-0.15, -0.1) is 0 Å². The zero-order valence-corrected chi connectivity index (χ0v) is 11.5. The molecule has 2 aromatic rings. The van der Waals surface area contributed by atoms with E-state index in [0.29, 0.717) is 15.2 Å². The Kier molecular flexibility index (Phi) is 3.64. The first-order valence-electron chi connectivity index (χ1n) is 4.41. The monoisotopic (exact) mass is 290 g/mol. The minimum atomic E-state index is 0.577. The van der Waals surface area contributed by atoms with E-state index in [1.807, 2.05) is 19.1 Å². The standard InChI is InChI=1S/C10H8Cl2N2S2/c1-5-9(16-10(13)14-5)15-8-3-6(11)2-7(12)4-8/h2-4H,1H3,(H2,13,14). The molecule has 1 aromatic heterocycles. The highest BCUT2D eigenvalue weighted by molar-refractivity contribution is 8.01. The first-order chi connectivity index (χ1) is 7.54. The molecule has 0 saturated carbocycles. The van der Waals surface area contributed by atoms with Crippen LogP contribution in [0.2, 0.25) is 10.0 Å². The number of rotatable bonds is 2. The lowest BCUT2D eigenvalue weighted by Gasteiger charge is -2.01. The fourth-order valence-corrected chi connectivity index (χ4v) is 3.90. The van der Waals surface area contributed by atoms with Crippen molar-refractivity contribution in [3.05, 3.63) is 33.9 Å². The molecule has 0 aliphatic heterocycles. The van der Waals surface area contributed by atoms with Crippen LogP contribution in [0.3, 0.4) is 0 Å². The third-order valence-electron chi connectivity index (χ3n) is 1.82. The van der Waals surface area contributed by atoms with Crippen molar-refractivity contribution in [3.8, 4) is 0 Å². The predicted octanol–water partition coefficient (Wildman–Crippen LogP) is 4.49. The van der Waals surface area contributed by atoms with Crippen molar-refractivity contribution in [3.63, 3.8) is 0 Å². The molecule has 0 amide bonds. The minimum absolute atomic E-state index is 0.577. The zero-order chi connectivity index (χ0) is 11.7. The van der Waals surface area contributed by atoms with Gasteiger partial charge in [0.25, 0.3) is 0 Å². The summed E-state index contributed by atoms with van der Waals surface area (Å²) in [4.78, 5) is 5.15. The summed E-state index contributed by atoms with van der Waals surface area (Å²) >= 11 is 14.9. The van der Waals surface area contributed by atoms with Gasteiger partial charge in [0, 0.05) is 14.9 Å². The largest absolute Gasteiger partial charge is 0.375 e. The lowest BCUT2D eigenvalue weighted by atomic mass is 10.4. The van der Waals surface area contributed by atoms with Crippen LogP contribution in [0.25, 0.3) is 0 Å². The summed E-state index contributed by atoms with van der Waals surface area (Å²) in [7, 11) is 0. The van der Waals surface area contributed by atoms with Gasteiger partial charge in [0.15, 0.2) is 5.13 Å². The van der Waals surface area contributed by atoms with Gasteiger partial charge in [0.1, 0.15) is 0 Å². The van der Waals surface area contributed by atoms with Crippen LogP contribution in [-0.4, -0.2) is 4.98 Å². The highest BCUT2D eigenvalue weighted by atomic mass is 35.5. The Hall–Kier alpha value is -0.420. The van der Waals surface area contributed by atoms with Crippen LogP contribution in [0, 0.1) is 6.92 Å². The maximum atomic E-state index is 5.93. The van der Waals surface area contributed by atoms with Crippen LogP contribution in [0.4, 0.5) is 5.13 Å². The Morgan fingerprint density at radius 3 is 2.38 bits per heavy atom. The Morgan fingerprint density at radius 2 is 1.88 bits per heavy atom. The van der Waals surface area contributed by atoms with E-state index in [-0.39, 0.29) is 0 Å². The average molecular weight is 291 g/mol. The van der Waals surface area contributed by atoms with E-state index < -0.39 is 0 Å². The fraction of sp³-hybridized carbons (Fsp3) is 0.100. The highest BCUT2D eigenvalue weighted by Gasteiger charge is 2.08. The first kappa shape index (κ1) is 12.0. The highest BCUT2D eigenvalue weighted by Crippen LogP contribution is 2.37. The summed E-state index contributed by atoms with van der Waals surface area (Å²) in [5.74, 6) is 0. The Balaban J connectivity index is 2.30. The number of aromatic nitrogens is 1. The molecule has 0 aliphatic carbocycles. The second kappa shape index (κ2) is 4.84. The van der Waals surface area contributed by atoms with Crippen molar-refractivity contribution in [2.75, 3.05) is 5.73 Å². The summed E-state index contributed by atoms with van der Waals surface area (Å²) in [6, 6.07) is 5.45. The second-order valence-corrected chi connectivity index (χ2v) is 6.38. The number of nitrogens with zero attached hydrogens (tertiary/aromatic N) is 1. The lowest BCUT2D eigenvalue weighted by molar-refractivity contribution is 1.21. The molecular weight excluding hydrogens is 283 g/mol. The lowest BCUT2D eigenvalue weighted by Crippen LogP contribution is -1.80. The van der Waals surface area contributed by atoms with Crippen LogP contribution in [0.5, 0.6) is 0 Å². The van der Waals surface area contributed by atoms with E-state index in [9.17, 15) is 0 Å². The molecule has 0 radical (unpaired) electrons. The van der Waals surface area contributed by atoms with E-state index in [0.717, 1.165) is 14.8 Å². The van der Waals surface area contributed by atoms with Crippen LogP contribution < -0.4 is 5.73 Å². The SMILES string of the molecule is Cc1nc(N)sc1Sc1cc(Cl)cc(Cl)c1. The van der Waals surface area contributed by atoms with E-state index in [4.69, 9.17) is 28.9 Å². The van der Waals surface area contributed by atoms with Crippen molar-refractivity contribution in [1.82, 2.24) is 4.98 Å². The molecule has 2 nitrogen and oxygen atoms in total. The van der Waals surface area contributed by atoms with Crippen LogP contribution in [0.15, 0.2) is 27.3 Å². The van der Waals surface area contributed by atoms with E-state index in [1.165, 1.54) is 11.3 Å². The number of halogens is 2. The number of aryl methyl sites for hydroxylation is 1. The number of anilines is 1. The van der Waals surface area contributed by atoms with Gasteiger partial charge < -0.3 is 5.73 Å². The van der Waals surface area contributed by atoms with Gasteiger partial charge >= 0.3 is 0 Å². The molecule has 1 heterocycles. The molecule has 0 fully saturated rings. The van der Waals surface area contributed by atoms with Crippen LogP contribution >= 0.6 is 46.3 Å². The summed E-state index contributed by atoms with van der Waals surface area (Å²) < 4.78 is 1.07. The number of thiazole rings is 1. The molecule has 1 aromatic carbocycles. The van der Waals surface area contributed by atoms with Crippen molar-refractivity contribution >= 4 is 51.4 Å². The molecule has 16 heavy (non-hydrogen) atoms. The molecule has 2 rings (SSSR count). The topological polar surface area (TPSA) is 38.9 Å². The molecule has 0 unspecified atom stereocenters. The predicted molar refractivity (Wildman–Crippen MR) is 71.8 cm³/mol. The van der Waals surface area contributed by atoms with Gasteiger partial charge in [-0.1, -0.05) is 46.3 Å². The molecule has 2 N–H and O–H groups in total. The zero-order valence-electron chi connectivity index (χ0n) is 8.33. The number of hydrogen-bond donors (Lipinski definition) is 1. The molecule has 6 heteroatoms. The summed E-state index contributed by atoms with van der Waals surface area (Å²) in [5, 5.41) is 1.84. The van der Waals surface area contributed by atoms with Gasteiger partial charge in [-0.2, -0.15) is 0 Å². The van der Waals surface area contributed by atoms with Gasteiger partial charge in [-0.05, 0) is 25.1 Å². The molecule has 0 saturated heterocycles. The van der Waals surface area contributed by atoms with Crippen LogP contribution in [0.1, 0.15) is 5.69 Å². The van der Waals surface area contributed by atoms with Crippen molar-refractivity contribution in [1.29, 1.82) is 0 Å². The Labute approximate surface area is 112 Å². The number of nitrogen functional groups attached to an aromatic ring is 1. The van der Waals surface area contributed by atoms with E-state index in [2.05, 4.69) is 4.98 Å². The number of hydrogen-bond acceptors (Lipinski definition) is 4. The quantitative estimate of drug-likeness (QED) is 0.886. The van der Waals surface area contributed by atoms with Crippen molar-refractivity contribution in [2.45, 2.75) is 16.0 Å². The minimum Gasteiger partial charge on any atom is -0.375 e. The Bertz CT molecular complexity index is 505. The fourth-order valence-electron chi connectivity index (χ4n) is 1.19. The van der Waals surface area contributed by atoms with Crippen molar-refractivity contribution < 1.29 is 0 Å². The smallest absolute Gasteiger partial charge is 0.181 e. The van der Waals surface area contributed by atoms with Crippen LogP contribution in [-0.2, 0) is 0 Å². The Morgan fingerprint density at radius 1 is 1.25 bits per heavy atom. The third-order valence-corrected chi connectivity index (χ3v) is 4.49. The number of benzene rings is 1. The van der Waals surface area contributed by atoms with E-state index in [1.54, 1.807) is 17.8 Å². The van der Waals surface area contributed by atoms with Gasteiger partial charge in [0.2, 0.25) is 0 Å². The summed E-state index contributed by atoms with van der Waals surface area (Å²) in [6.45, 7) is 1.93. The maximum absolute atomic E-state index is 5.93. The molecule has 0 spiro atoms. The molecular formula is C10H8Cl2N2S2. The summed E-state index contributed by atoms with van der Waals surface area (Å²) in [5.41, 5.74) is 6.57. The molecule has 0 bridgehead atoms. The maximum Gasteiger partial charge on any atom is 0.181 e. The summed E-state index contributed by atoms with van der Waals surface area (Å²) in [6.07, 6.45) is 0. The van der Waals surface area contributed by atoms with Gasteiger partial charge in [-0.25, -0.2) is 4.98 Å². The van der Waals surface area contributed by atoms with E-state index >= 15 is 0 Å². The first-order valence-corrected chi connectivity index (χ1v) is 6.80. The van der Waals surface area contributed by atoms with Crippen molar-refractivity contribution in [2.24, 2.45) is 0 Å².